The number of sulfonamides is 1. The molecular formula is C17H18F3NO4S. The van der Waals surface area contributed by atoms with Gasteiger partial charge in [-0.3, -0.25) is 0 Å². The largest absolute Gasteiger partial charge is 0.573 e. The van der Waals surface area contributed by atoms with E-state index in [-0.39, 0.29) is 4.90 Å². The van der Waals surface area contributed by atoms with E-state index in [0.717, 1.165) is 24.3 Å². The highest BCUT2D eigenvalue weighted by atomic mass is 32.2. The highest BCUT2D eigenvalue weighted by molar-refractivity contribution is 7.89. The molecule has 2 aromatic carbocycles. The fraction of sp³-hybridized carbons (Fsp3) is 0.294. The normalized spacial score (nSPS) is 13.3. The smallest absolute Gasteiger partial charge is 0.494 e. The third-order valence-electron chi connectivity index (χ3n) is 3.39. The van der Waals surface area contributed by atoms with Crippen molar-refractivity contribution < 1.29 is 31.1 Å². The molecule has 0 amide bonds. The lowest BCUT2D eigenvalue weighted by molar-refractivity contribution is -0.274. The average molecular weight is 389 g/mol. The molecule has 0 bridgehead atoms. The van der Waals surface area contributed by atoms with E-state index in [2.05, 4.69) is 9.46 Å². The number of halogens is 3. The molecule has 0 radical (unpaired) electrons. The molecule has 0 aliphatic rings. The Bertz CT molecular complexity index is 819. The predicted octanol–water partition coefficient (Wildman–Crippen LogP) is 4.02. The lowest BCUT2D eigenvalue weighted by atomic mass is 10.1. The number of benzene rings is 2. The third-order valence-corrected chi connectivity index (χ3v) is 4.95. The second kappa shape index (κ2) is 7.96. The van der Waals surface area contributed by atoms with Gasteiger partial charge in [0.15, 0.2) is 0 Å². The maximum absolute atomic E-state index is 12.4. The summed E-state index contributed by atoms with van der Waals surface area (Å²) in [5.74, 6) is 0.183. The molecule has 1 unspecified atom stereocenters. The molecule has 142 valence electrons. The first-order valence-electron chi connectivity index (χ1n) is 7.71. The van der Waals surface area contributed by atoms with Gasteiger partial charge in [-0.1, -0.05) is 12.1 Å². The van der Waals surface area contributed by atoms with Crippen LogP contribution in [0.2, 0.25) is 0 Å². The van der Waals surface area contributed by atoms with E-state index in [9.17, 15) is 21.6 Å². The van der Waals surface area contributed by atoms with Gasteiger partial charge in [0.25, 0.3) is 0 Å². The summed E-state index contributed by atoms with van der Waals surface area (Å²) in [5.41, 5.74) is 0.717. The monoisotopic (exact) mass is 389 g/mol. The van der Waals surface area contributed by atoms with Crippen LogP contribution in [0.15, 0.2) is 53.4 Å². The van der Waals surface area contributed by atoms with Gasteiger partial charge in [0, 0.05) is 6.04 Å². The van der Waals surface area contributed by atoms with Crippen LogP contribution in [0.5, 0.6) is 11.5 Å². The molecule has 0 aliphatic heterocycles. The fourth-order valence-corrected chi connectivity index (χ4v) is 3.44. The Morgan fingerprint density at radius 3 is 2.04 bits per heavy atom. The molecule has 2 rings (SSSR count). The summed E-state index contributed by atoms with van der Waals surface area (Å²) in [5, 5.41) is 0. The van der Waals surface area contributed by atoms with Crippen LogP contribution < -0.4 is 14.2 Å². The van der Waals surface area contributed by atoms with Crippen LogP contribution in [-0.2, 0) is 10.0 Å². The second-order valence-corrected chi connectivity index (χ2v) is 7.08. The van der Waals surface area contributed by atoms with Crippen LogP contribution in [0, 0.1) is 0 Å². The topological polar surface area (TPSA) is 64.6 Å². The first kappa shape index (κ1) is 20.1. The van der Waals surface area contributed by atoms with Gasteiger partial charge in [0.2, 0.25) is 10.0 Å². The van der Waals surface area contributed by atoms with Crippen molar-refractivity contribution in [2.24, 2.45) is 0 Å². The minimum absolute atomic E-state index is 0.162. The molecule has 9 heteroatoms. The molecule has 2 aromatic rings. The third kappa shape index (κ3) is 5.63. The molecule has 0 aromatic heterocycles. The number of rotatable bonds is 7. The summed E-state index contributed by atoms with van der Waals surface area (Å²) in [6.07, 6.45) is -4.83. The van der Waals surface area contributed by atoms with Gasteiger partial charge in [-0.05, 0) is 55.8 Å². The van der Waals surface area contributed by atoms with Gasteiger partial charge in [0.05, 0.1) is 11.5 Å². The van der Waals surface area contributed by atoms with Crippen LogP contribution in [0.3, 0.4) is 0 Å². The van der Waals surface area contributed by atoms with Gasteiger partial charge in [-0.15, -0.1) is 13.2 Å². The Labute approximate surface area is 149 Å². The number of hydrogen-bond acceptors (Lipinski definition) is 4. The average Bonchev–Trinajstić information content (AvgIpc) is 2.54. The Kier molecular flexibility index (Phi) is 6.14. The lowest BCUT2D eigenvalue weighted by Crippen LogP contribution is -2.26. The van der Waals surface area contributed by atoms with Crippen molar-refractivity contribution >= 4 is 10.0 Å². The van der Waals surface area contributed by atoms with E-state index in [1.807, 2.05) is 6.92 Å². The molecule has 26 heavy (non-hydrogen) atoms. The molecule has 1 N–H and O–H groups in total. The number of alkyl halides is 3. The first-order chi connectivity index (χ1) is 12.1. The van der Waals surface area contributed by atoms with Crippen molar-refractivity contribution in [2.45, 2.75) is 31.1 Å². The van der Waals surface area contributed by atoms with Gasteiger partial charge in [-0.2, -0.15) is 0 Å². The highest BCUT2D eigenvalue weighted by Crippen LogP contribution is 2.25. The minimum atomic E-state index is -4.83. The zero-order valence-corrected chi connectivity index (χ0v) is 14.9. The van der Waals surface area contributed by atoms with Crippen LogP contribution >= 0.6 is 0 Å². The van der Waals surface area contributed by atoms with Crippen molar-refractivity contribution in [3.8, 4) is 11.5 Å². The molecule has 0 saturated carbocycles. The predicted molar refractivity (Wildman–Crippen MR) is 89.5 cm³/mol. The van der Waals surface area contributed by atoms with Gasteiger partial charge in [-0.25, -0.2) is 13.1 Å². The molecule has 0 spiro atoms. The van der Waals surface area contributed by atoms with E-state index in [1.54, 1.807) is 31.2 Å². The van der Waals surface area contributed by atoms with Gasteiger partial charge >= 0.3 is 6.36 Å². The van der Waals surface area contributed by atoms with Crippen molar-refractivity contribution in [3.63, 3.8) is 0 Å². The van der Waals surface area contributed by atoms with E-state index < -0.39 is 28.2 Å². The van der Waals surface area contributed by atoms with E-state index in [4.69, 9.17) is 4.74 Å². The maximum atomic E-state index is 12.4. The number of nitrogens with one attached hydrogen (secondary N) is 1. The van der Waals surface area contributed by atoms with Crippen LogP contribution in [0.4, 0.5) is 13.2 Å². The van der Waals surface area contributed by atoms with Gasteiger partial charge < -0.3 is 9.47 Å². The summed E-state index contributed by atoms with van der Waals surface area (Å²) < 4.78 is 72.7. The van der Waals surface area contributed by atoms with Crippen LogP contribution in [-0.4, -0.2) is 21.4 Å². The maximum Gasteiger partial charge on any atom is 0.573 e. The van der Waals surface area contributed by atoms with Crippen molar-refractivity contribution in [2.75, 3.05) is 6.61 Å². The zero-order valence-electron chi connectivity index (χ0n) is 14.1. The molecular weight excluding hydrogens is 371 g/mol. The van der Waals surface area contributed by atoms with E-state index >= 15 is 0 Å². The Hall–Kier alpha value is -2.26. The Morgan fingerprint density at radius 1 is 1.00 bits per heavy atom. The van der Waals surface area contributed by atoms with Crippen molar-refractivity contribution in [3.05, 3.63) is 54.1 Å². The quantitative estimate of drug-likeness (QED) is 0.777. The molecule has 0 fully saturated rings. The van der Waals surface area contributed by atoms with Crippen molar-refractivity contribution in [1.29, 1.82) is 0 Å². The highest BCUT2D eigenvalue weighted by Gasteiger charge is 2.31. The Balaban J connectivity index is 2.09. The molecule has 5 nitrogen and oxygen atoms in total. The summed E-state index contributed by atoms with van der Waals surface area (Å²) >= 11 is 0. The molecule has 1 atom stereocenters. The summed E-state index contributed by atoms with van der Waals surface area (Å²) in [6.45, 7) is 4.04. The SMILES string of the molecule is CCOc1ccc(C(C)NS(=O)(=O)c2ccc(OC(F)(F)F)cc2)cc1. The second-order valence-electron chi connectivity index (χ2n) is 5.36. The first-order valence-corrected chi connectivity index (χ1v) is 9.20. The lowest BCUT2D eigenvalue weighted by Gasteiger charge is -2.16. The molecule has 0 aliphatic carbocycles. The van der Waals surface area contributed by atoms with E-state index in [0.29, 0.717) is 17.9 Å². The van der Waals surface area contributed by atoms with Gasteiger partial charge in [0.1, 0.15) is 11.5 Å². The summed E-state index contributed by atoms with van der Waals surface area (Å²) in [6, 6.07) is 10.4. The molecule has 0 saturated heterocycles. The fourth-order valence-electron chi connectivity index (χ4n) is 2.21. The van der Waals surface area contributed by atoms with E-state index in [1.165, 1.54) is 0 Å². The van der Waals surface area contributed by atoms with Crippen LogP contribution in [0.1, 0.15) is 25.5 Å². The number of hydrogen-bond donors (Lipinski definition) is 1. The molecule has 0 heterocycles. The minimum Gasteiger partial charge on any atom is -0.494 e. The standard InChI is InChI=1S/C17H18F3NO4S/c1-3-24-14-6-4-13(5-7-14)12(2)21-26(22,23)16-10-8-15(9-11-16)25-17(18,19)20/h4-12,21H,3H2,1-2H3. The summed E-state index contributed by atoms with van der Waals surface area (Å²) in [7, 11) is -3.91. The summed E-state index contributed by atoms with van der Waals surface area (Å²) in [4.78, 5) is -0.162. The Morgan fingerprint density at radius 2 is 1.54 bits per heavy atom. The van der Waals surface area contributed by atoms with Crippen molar-refractivity contribution in [1.82, 2.24) is 4.72 Å². The number of ether oxygens (including phenoxy) is 2. The zero-order chi connectivity index (χ0) is 19.4. The van der Waals surface area contributed by atoms with Crippen LogP contribution in [0.25, 0.3) is 0 Å².